The van der Waals surface area contributed by atoms with Crippen molar-refractivity contribution in [2.75, 3.05) is 11.9 Å². The number of aliphatic carboxylic acids is 2. The standard InChI is InChI=1S/C30H28N4O11/c31-30(32)33-18-6-7-20-16(11-18)3-2-8-44-25-21(4-1-5-23(25)45-29(20)43)26(38)34(22(28(41)42)13-24(36)37)14-15-9-17(27(39)40)12-19(35)10-15/h1,4-7,9-12,22,35H,2-3,8,13-14H2,(H,36,37)(H,39,40)(H,41,42)(H4,31,32,33)/t22-/m0/s1. The largest absolute Gasteiger partial charge is 0.508 e. The van der Waals surface area contributed by atoms with Crippen LogP contribution in [0.3, 0.4) is 0 Å². The predicted molar refractivity (Wildman–Crippen MR) is 156 cm³/mol. The van der Waals surface area contributed by atoms with E-state index in [9.17, 15) is 44.4 Å². The first-order valence-corrected chi connectivity index (χ1v) is 13.4. The van der Waals surface area contributed by atoms with E-state index in [1.165, 1.54) is 30.3 Å². The van der Waals surface area contributed by atoms with Gasteiger partial charge in [-0.3, -0.25) is 15.0 Å². The van der Waals surface area contributed by atoms with Crippen molar-refractivity contribution in [3.63, 3.8) is 0 Å². The van der Waals surface area contributed by atoms with Gasteiger partial charge in [0.1, 0.15) is 11.8 Å². The van der Waals surface area contributed by atoms with Crippen molar-refractivity contribution in [3.05, 3.63) is 82.4 Å². The summed E-state index contributed by atoms with van der Waals surface area (Å²) in [6.45, 7) is -0.587. The predicted octanol–water partition coefficient (Wildman–Crippen LogP) is 2.51. The summed E-state index contributed by atoms with van der Waals surface area (Å²) in [5, 5.41) is 48.9. The van der Waals surface area contributed by atoms with E-state index in [-0.39, 0.29) is 46.3 Å². The smallest absolute Gasteiger partial charge is 0.343 e. The van der Waals surface area contributed by atoms with Crippen LogP contribution in [-0.4, -0.2) is 73.7 Å². The van der Waals surface area contributed by atoms with E-state index < -0.39 is 54.5 Å². The van der Waals surface area contributed by atoms with Gasteiger partial charge in [0.05, 0.1) is 29.7 Å². The van der Waals surface area contributed by atoms with Crippen LogP contribution >= 0.6 is 0 Å². The Morgan fingerprint density at radius 2 is 1.80 bits per heavy atom. The van der Waals surface area contributed by atoms with Gasteiger partial charge in [0, 0.05) is 12.2 Å². The molecule has 1 amide bonds. The van der Waals surface area contributed by atoms with Gasteiger partial charge in [-0.2, -0.15) is 0 Å². The minimum Gasteiger partial charge on any atom is -0.508 e. The van der Waals surface area contributed by atoms with Gasteiger partial charge in [0.25, 0.3) is 5.91 Å². The number of aromatic carboxylic acids is 1. The van der Waals surface area contributed by atoms with Crippen molar-refractivity contribution < 1.29 is 53.9 Å². The van der Waals surface area contributed by atoms with Crippen molar-refractivity contribution in [3.8, 4) is 17.2 Å². The summed E-state index contributed by atoms with van der Waals surface area (Å²) in [6, 6.07) is 9.93. The molecule has 0 spiro atoms. The molecule has 1 aliphatic rings. The number of anilines is 1. The minimum absolute atomic E-state index is 0.00656. The molecule has 0 radical (unpaired) electrons. The Labute approximate surface area is 254 Å². The number of hydrogen-bond donors (Lipinski definition) is 7. The molecule has 0 saturated heterocycles. The topological polar surface area (TPSA) is 250 Å². The van der Waals surface area contributed by atoms with Gasteiger partial charge in [-0.15, -0.1) is 0 Å². The number of phenolic OH excluding ortho intramolecular Hbond substituents is 1. The Morgan fingerprint density at radius 1 is 1.04 bits per heavy atom. The van der Waals surface area contributed by atoms with Gasteiger partial charge in [0.15, 0.2) is 17.5 Å². The lowest BCUT2D eigenvalue weighted by Crippen LogP contribution is -2.46. The highest BCUT2D eigenvalue weighted by Gasteiger charge is 2.35. The Balaban J connectivity index is 1.76. The number of carbonyl (C=O) groups excluding carboxylic acids is 2. The lowest BCUT2D eigenvalue weighted by molar-refractivity contribution is -0.149. The van der Waals surface area contributed by atoms with Gasteiger partial charge in [-0.1, -0.05) is 6.07 Å². The van der Waals surface area contributed by atoms with Crippen LogP contribution in [0, 0.1) is 5.41 Å². The molecular formula is C30H28N4O11. The molecule has 1 atom stereocenters. The number of hydrogen-bond acceptors (Lipinski definition) is 9. The van der Waals surface area contributed by atoms with E-state index in [1.54, 1.807) is 6.07 Å². The van der Waals surface area contributed by atoms with Crippen LogP contribution in [0.5, 0.6) is 17.2 Å². The summed E-state index contributed by atoms with van der Waals surface area (Å²) in [7, 11) is 0. The fourth-order valence-corrected chi connectivity index (χ4v) is 4.80. The lowest BCUT2D eigenvalue weighted by Gasteiger charge is -2.29. The Kier molecular flexibility index (Phi) is 9.51. The molecule has 0 fully saturated rings. The number of benzene rings is 3. The van der Waals surface area contributed by atoms with E-state index in [1.807, 2.05) is 0 Å². The number of rotatable bonds is 9. The molecule has 1 heterocycles. The average Bonchev–Trinajstić information content (AvgIpc) is 2.96. The van der Waals surface area contributed by atoms with Crippen molar-refractivity contribution in [1.29, 1.82) is 5.41 Å². The van der Waals surface area contributed by atoms with E-state index in [4.69, 9.17) is 20.6 Å². The summed E-state index contributed by atoms with van der Waals surface area (Å²) in [4.78, 5) is 63.4. The highest BCUT2D eigenvalue weighted by molar-refractivity contribution is 6.01. The molecule has 0 bridgehead atoms. The SMILES string of the molecule is N=C(N)Nc1ccc2c(c1)CCCOc1c(cccc1C(=O)N(Cc1cc(O)cc(C(=O)O)c1)[C@@H](CC(=O)O)C(=O)O)OC2=O. The van der Waals surface area contributed by atoms with Crippen molar-refractivity contribution >= 4 is 41.4 Å². The molecule has 0 unspecified atom stereocenters. The van der Waals surface area contributed by atoms with Gasteiger partial charge in [-0.25, -0.2) is 14.4 Å². The molecule has 15 heteroatoms. The third-order valence-electron chi connectivity index (χ3n) is 6.72. The van der Waals surface area contributed by atoms with Gasteiger partial charge in [0.2, 0.25) is 0 Å². The number of nitrogens with two attached hydrogens (primary N) is 1. The number of nitrogens with zero attached hydrogens (tertiary/aromatic N) is 1. The fourth-order valence-electron chi connectivity index (χ4n) is 4.80. The molecule has 0 saturated carbocycles. The molecule has 0 aromatic heterocycles. The van der Waals surface area contributed by atoms with Gasteiger partial charge < -0.3 is 45.9 Å². The monoisotopic (exact) mass is 620 g/mol. The highest BCUT2D eigenvalue weighted by Crippen LogP contribution is 2.35. The molecule has 0 aliphatic carbocycles. The summed E-state index contributed by atoms with van der Waals surface area (Å²) in [6.07, 6.45) is -0.320. The Hall–Kier alpha value is -6.12. The number of carboxylic acids is 3. The number of esters is 1. The molecule has 8 N–H and O–H groups in total. The number of aryl methyl sites for hydroxylation is 1. The van der Waals surface area contributed by atoms with E-state index in [2.05, 4.69) is 5.32 Å². The molecule has 4 rings (SSSR count). The molecular weight excluding hydrogens is 592 g/mol. The third kappa shape index (κ3) is 7.64. The number of amides is 1. The number of aromatic hydroxyl groups is 1. The average molecular weight is 621 g/mol. The quantitative estimate of drug-likeness (QED) is 0.0787. The molecule has 15 nitrogen and oxygen atoms in total. The fraction of sp³-hybridized carbons (Fsp3) is 0.200. The number of para-hydroxylation sites is 1. The lowest BCUT2D eigenvalue weighted by atomic mass is 10.0. The second-order valence-corrected chi connectivity index (χ2v) is 9.96. The van der Waals surface area contributed by atoms with E-state index >= 15 is 0 Å². The van der Waals surface area contributed by atoms with E-state index in [0.29, 0.717) is 29.0 Å². The number of carbonyl (C=O) groups is 5. The first-order valence-electron chi connectivity index (χ1n) is 13.4. The number of nitrogens with one attached hydrogen (secondary N) is 2. The molecule has 234 valence electrons. The molecule has 3 aromatic carbocycles. The van der Waals surface area contributed by atoms with Gasteiger partial charge in [-0.05, 0) is 72.5 Å². The first-order chi connectivity index (χ1) is 21.3. The van der Waals surface area contributed by atoms with Gasteiger partial charge >= 0.3 is 23.9 Å². The minimum atomic E-state index is -1.92. The van der Waals surface area contributed by atoms with Crippen LogP contribution in [-0.2, 0) is 22.6 Å². The third-order valence-corrected chi connectivity index (χ3v) is 6.72. The Morgan fingerprint density at radius 3 is 2.47 bits per heavy atom. The molecule has 45 heavy (non-hydrogen) atoms. The summed E-state index contributed by atoms with van der Waals surface area (Å²) in [5.41, 5.74) is 6.09. The highest BCUT2D eigenvalue weighted by atomic mass is 16.6. The number of fused-ring (bicyclic) bond motifs is 2. The van der Waals surface area contributed by atoms with Crippen LogP contribution in [0.2, 0.25) is 0 Å². The zero-order chi connectivity index (χ0) is 32.8. The van der Waals surface area contributed by atoms with Crippen LogP contribution in [0.25, 0.3) is 0 Å². The summed E-state index contributed by atoms with van der Waals surface area (Å²) < 4.78 is 11.5. The number of guanidine groups is 1. The van der Waals surface area contributed by atoms with Crippen LogP contribution in [0.1, 0.15) is 55.0 Å². The number of ether oxygens (including phenoxy) is 2. The number of carboxylic acid groups (broad SMARTS) is 3. The summed E-state index contributed by atoms with van der Waals surface area (Å²) >= 11 is 0. The second-order valence-electron chi connectivity index (χ2n) is 9.96. The zero-order valence-electron chi connectivity index (χ0n) is 23.5. The van der Waals surface area contributed by atoms with Crippen molar-refractivity contribution in [2.24, 2.45) is 5.73 Å². The second kappa shape index (κ2) is 13.5. The normalized spacial score (nSPS) is 13.1. The molecule has 3 aromatic rings. The van der Waals surface area contributed by atoms with Crippen LogP contribution in [0.4, 0.5) is 5.69 Å². The van der Waals surface area contributed by atoms with Crippen LogP contribution < -0.4 is 20.5 Å². The van der Waals surface area contributed by atoms with Crippen molar-refractivity contribution in [1.82, 2.24) is 4.90 Å². The zero-order valence-corrected chi connectivity index (χ0v) is 23.5. The Bertz CT molecular complexity index is 1710. The summed E-state index contributed by atoms with van der Waals surface area (Å²) in [5.74, 6) is -7.51. The van der Waals surface area contributed by atoms with E-state index in [0.717, 1.165) is 18.2 Å². The molecule has 1 aliphatic heterocycles. The van der Waals surface area contributed by atoms with Crippen molar-refractivity contribution in [2.45, 2.75) is 31.8 Å². The first kappa shape index (κ1) is 31.8. The maximum Gasteiger partial charge on any atom is 0.343 e. The number of phenols is 1. The maximum atomic E-state index is 14.0. The maximum absolute atomic E-state index is 14.0. The van der Waals surface area contributed by atoms with Crippen LogP contribution in [0.15, 0.2) is 54.6 Å².